The van der Waals surface area contributed by atoms with Crippen LogP contribution in [0.5, 0.6) is 5.75 Å². The molecule has 21 heavy (non-hydrogen) atoms. The lowest BCUT2D eigenvalue weighted by molar-refractivity contribution is 0.102. The van der Waals surface area contributed by atoms with Crippen molar-refractivity contribution in [3.05, 3.63) is 28.8 Å². The summed E-state index contributed by atoms with van der Waals surface area (Å²) >= 11 is 1.38. The minimum atomic E-state index is -0.303. The van der Waals surface area contributed by atoms with Crippen molar-refractivity contribution in [2.45, 2.75) is 20.3 Å². The second kappa shape index (κ2) is 6.53. The maximum atomic E-state index is 12.2. The Labute approximate surface area is 127 Å². The molecule has 0 saturated heterocycles. The zero-order valence-electron chi connectivity index (χ0n) is 12.2. The van der Waals surface area contributed by atoms with E-state index < -0.39 is 0 Å². The van der Waals surface area contributed by atoms with E-state index >= 15 is 0 Å². The van der Waals surface area contributed by atoms with Gasteiger partial charge in [-0.1, -0.05) is 25.2 Å². The Morgan fingerprint density at radius 2 is 2.19 bits per heavy atom. The Morgan fingerprint density at radius 3 is 2.81 bits per heavy atom. The monoisotopic (exact) mass is 306 g/mol. The summed E-state index contributed by atoms with van der Waals surface area (Å²) in [4.78, 5) is 12.2. The number of amides is 1. The van der Waals surface area contributed by atoms with Crippen LogP contribution >= 0.6 is 11.3 Å². The molecule has 1 aromatic carbocycles. The first-order valence-electron chi connectivity index (χ1n) is 6.57. The fourth-order valence-corrected chi connectivity index (χ4v) is 2.72. The second-order valence-electron chi connectivity index (χ2n) is 5.01. The number of ether oxygens (including phenoxy) is 1. The van der Waals surface area contributed by atoms with Crippen LogP contribution in [-0.4, -0.2) is 23.2 Å². The quantitative estimate of drug-likeness (QED) is 0.829. The van der Waals surface area contributed by atoms with E-state index in [9.17, 15) is 4.79 Å². The standard InChI is InChI=1S/C14H18N4O2S/c1-8(2)6-12-17-18-14(21-12)16-13(19)10-5-4-9(20-3)7-11(10)15/h4-5,7-8H,6,15H2,1-3H3,(H,16,18,19). The number of nitrogens with two attached hydrogens (primary N) is 1. The van der Waals surface area contributed by atoms with E-state index in [0.717, 1.165) is 11.4 Å². The van der Waals surface area contributed by atoms with E-state index in [-0.39, 0.29) is 5.91 Å². The lowest BCUT2D eigenvalue weighted by Crippen LogP contribution is -2.13. The van der Waals surface area contributed by atoms with Crippen molar-refractivity contribution in [3.63, 3.8) is 0 Å². The molecular weight excluding hydrogens is 288 g/mol. The van der Waals surface area contributed by atoms with Gasteiger partial charge in [-0.3, -0.25) is 10.1 Å². The Kier molecular flexibility index (Phi) is 4.74. The third-order valence-electron chi connectivity index (χ3n) is 2.77. The molecule has 6 nitrogen and oxygen atoms in total. The summed E-state index contributed by atoms with van der Waals surface area (Å²) in [6.07, 6.45) is 0.845. The number of methoxy groups -OCH3 is 1. The average Bonchev–Trinajstić information content (AvgIpc) is 2.84. The van der Waals surface area contributed by atoms with Crippen LogP contribution < -0.4 is 15.8 Å². The topological polar surface area (TPSA) is 90.1 Å². The van der Waals surface area contributed by atoms with Gasteiger partial charge in [-0.2, -0.15) is 0 Å². The molecule has 2 rings (SSSR count). The lowest BCUT2D eigenvalue weighted by Gasteiger charge is -2.06. The Morgan fingerprint density at radius 1 is 1.43 bits per heavy atom. The Hall–Kier alpha value is -2.15. The van der Waals surface area contributed by atoms with Gasteiger partial charge in [-0.25, -0.2) is 0 Å². The van der Waals surface area contributed by atoms with Crippen LogP contribution in [0.1, 0.15) is 29.2 Å². The average molecular weight is 306 g/mol. The largest absolute Gasteiger partial charge is 0.497 e. The van der Waals surface area contributed by atoms with E-state index in [2.05, 4.69) is 29.4 Å². The molecule has 0 saturated carbocycles. The van der Waals surface area contributed by atoms with Crippen molar-refractivity contribution in [3.8, 4) is 5.75 Å². The van der Waals surface area contributed by atoms with E-state index in [0.29, 0.717) is 28.0 Å². The molecule has 0 aliphatic rings. The van der Waals surface area contributed by atoms with Crippen LogP contribution in [0.4, 0.5) is 10.8 Å². The Balaban J connectivity index is 2.09. The Bertz CT molecular complexity index is 640. The summed E-state index contributed by atoms with van der Waals surface area (Å²) in [5.41, 5.74) is 6.59. The molecule has 0 atom stereocenters. The van der Waals surface area contributed by atoms with Gasteiger partial charge in [0.2, 0.25) is 5.13 Å². The van der Waals surface area contributed by atoms with Crippen molar-refractivity contribution in [2.75, 3.05) is 18.2 Å². The summed E-state index contributed by atoms with van der Waals surface area (Å²) in [6.45, 7) is 4.22. The minimum absolute atomic E-state index is 0.303. The molecule has 0 aliphatic carbocycles. The van der Waals surface area contributed by atoms with Crippen LogP contribution in [0.15, 0.2) is 18.2 Å². The smallest absolute Gasteiger partial charge is 0.259 e. The highest BCUT2D eigenvalue weighted by Gasteiger charge is 2.14. The van der Waals surface area contributed by atoms with Gasteiger partial charge in [0.15, 0.2) is 0 Å². The zero-order chi connectivity index (χ0) is 15.4. The number of rotatable bonds is 5. The van der Waals surface area contributed by atoms with Gasteiger partial charge in [-0.05, 0) is 18.1 Å². The van der Waals surface area contributed by atoms with E-state index in [1.165, 1.54) is 11.3 Å². The lowest BCUT2D eigenvalue weighted by atomic mass is 10.1. The van der Waals surface area contributed by atoms with Gasteiger partial charge in [-0.15, -0.1) is 10.2 Å². The van der Waals surface area contributed by atoms with Crippen molar-refractivity contribution >= 4 is 28.1 Å². The highest BCUT2D eigenvalue weighted by molar-refractivity contribution is 7.15. The van der Waals surface area contributed by atoms with Crippen LogP contribution in [0, 0.1) is 5.92 Å². The first-order valence-corrected chi connectivity index (χ1v) is 7.38. The van der Waals surface area contributed by atoms with Gasteiger partial charge in [0, 0.05) is 18.2 Å². The summed E-state index contributed by atoms with van der Waals surface area (Å²) in [7, 11) is 1.55. The molecule has 2 aromatic rings. The molecule has 3 N–H and O–H groups in total. The molecule has 1 aromatic heterocycles. The van der Waals surface area contributed by atoms with Crippen LogP contribution in [0.2, 0.25) is 0 Å². The van der Waals surface area contributed by atoms with Gasteiger partial charge in [0.1, 0.15) is 10.8 Å². The first-order chi connectivity index (χ1) is 9.99. The van der Waals surface area contributed by atoms with Gasteiger partial charge >= 0.3 is 0 Å². The molecule has 0 unspecified atom stereocenters. The molecule has 0 aliphatic heterocycles. The highest BCUT2D eigenvalue weighted by atomic mass is 32.1. The highest BCUT2D eigenvalue weighted by Crippen LogP contribution is 2.22. The molecule has 0 fully saturated rings. The van der Waals surface area contributed by atoms with E-state index in [1.54, 1.807) is 25.3 Å². The number of benzene rings is 1. The van der Waals surface area contributed by atoms with Crippen molar-refractivity contribution < 1.29 is 9.53 Å². The zero-order valence-corrected chi connectivity index (χ0v) is 13.0. The van der Waals surface area contributed by atoms with Crippen molar-refractivity contribution in [1.82, 2.24) is 10.2 Å². The normalized spacial score (nSPS) is 10.7. The molecule has 112 valence electrons. The van der Waals surface area contributed by atoms with Gasteiger partial charge < -0.3 is 10.5 Å². The van der Waals surface area contributed by atoms with E-state index in [1.807, 2.05) is 0 Å². The molecule has 1 amide bonds. The van der Waals surface area contributed by atoms with Crippen molar-refractivity contribution in [1.29, 1.82) is 0 Å². The van der Waals surface area contributed by atoms with E-state index in [4.69, 9.17) is 10.5 Å². The van der Waals surface area contributed by atoms with Gasteiger partial charge in [0.05, 0.1) is 12.7 Å². The number of hydrogen-bond donors (Lipinski definition) is 2. The maximum absolute atomic E-state index is 12.2. The van der Waals surface area contributed by atoms with Crippen LogP contribution in [0.25, 0.3) is 0 Å². The number of anilines is 2. The number of aromatic nitrogens is 2. The molecule has 1 heterocycles. The molecule has 0 spiro atoms. The molecule has 0 radical (unpaired) electrons. The fraction of sp³-hybridized carbons (Fsp3) is 0.357. The summed E-state index contributed by atoms with van der Waals surface area (Å²) < 4.78 is 5.06. The number of nitrogens with one attached hydrogen (secondary N) is 1. The van der Waals surface area contributed by atoms with Crippen LogP contribution in [-0.2, 0) is 6.42 Å². The van der Waals surface area contributed by atoms with Crippen LogP contribution in [0.3, 0.4) is 0 Å². The number of carbonyl (C=O) groups excluding carboxylic acids is 1. The summed E-state index contributed by atoms with van der Waals surface area (Å²) in [5, 5.41) is 12.1. The van der Waals surface area contributed by atoms with Gasteiger partial charge in [0.25, 0.3) is 5.91 Å². The fourth-order valence-electron chi connectivity index (χ4n) is 1.77. The first kappa shape index (κ1) is 15.2. The van der Waals surface area contributed by atoms with Crippen molar-refractivity contribution in [2.24, 2.45) is 5.92 Å². The summed E-state index contributed by atoms with van der Waals surface area (Å²) in [5.74, 6) is 0.806. The molecule has 7 heteroatoms. The molecule has 0 bridgehead atoms. The predicted octanol–water partition coefficient (Wildman–Crippen LogP) is 2.58. The number of nitrogens with zero attached hydrogens (tertiary/aromatic N) is 2. The number of carbonyl (C=O) groups is 1. The maximum Gasteiger partial charge on any atom is 0.259 e. The summed E-state index contributed by atoms with van der Waals surface area (Å²) in [6, 6.07) is 4.92. The SMILES string of the molecule is COc1ccc(C(=O)Nc2nnc(CC(C)C)s2)c(N)c1. The number of nitrogen functional groups attached to an aromatic ring is 1. The third-order valence-corrected chi connectivity index (χ3v) is 3.63. The third kappa shape index (κ3) is 3.91. The predicted molar refractivity (Wildman–Crippen MR) is 83.8 cm³/mol. The molecular formula is C14H18N4O2S. The minimum Gasteiger partial charge on any atom is -0.497 e. The second-order valence-corrected chi connectivity index (χ2v) is 6.07. The number of hydrogen-bond acceptors (Lipinski definition) is 6.